The predicted octanol–water partition coefficient (Wildman–Crippen LogP) is 1.53. The van der Waals surface area contributed by atoms with Crippen LogP contribution in [0.15, 0.2) is 24.3 Å². The molecule has 102 valence electrons. The first-order valence-corrected chi connectivity index (χ1v) is 6.69. The van der Waals surface area contributed by atoms with Crippen LogP contribution < -0.4 is 10.6 Å². The van der Waals surface area contributed by atoms with Crippen LogP contribution in [0.1, 0.15) is 0 Å². The molecule has 3 aromatic rings. The largest absolute Gasteiger partial charge is 0.382 e. The Morgan fingerprint density at radius 2 is 2.00 bits per heavy atom. The van der Waals surface area contributed by atoms with Crippen molar-refractivity contribution >= 4 is 33.4 Å². The van der Waals surface area contributed by atoms with Gasteiger partial charge >= 0.3 is 0 Å². The number of fused-ring (bicyclic) bond motifs is 3. The number of nitrogens with two attached hydrogens (primary N) is 1. The summed E-state index contributed by atoms with van der Waals surface area (Å²) in [4.78, 5) is 7.00. The van der Waals surface area contributed by atoms with Crippen LogP contribution in [0.4, 0.5) is 11.6 Å². The van der Waals surface area contributed by atoms with Gasteiger partial charge in [0.05, 0.1) is 29.6 Å². The Labute approximate surface area is 115 Å². The molecule has 20 heavy (non-hydrogen) atoms. The van der Waals surface area contributed by atoms with Gasteiger partial charge in [-0.25, -0.2) is 4.98 Å². The van der Waals surface area contributed by atoms with E-state index in [-0.39, 0.29) is 0 Å². The van der Waals surface area contributed by atoms with Crippen molar-refractivity contribution in [3.8, 4) is 0 Å². The van der Waals surface area contributed by atoms with E-state index in [1.807, 2.05) is 24.3 Å². The summed E-state index contributed by atoms with van der Waals surface area (Å²) in [5, 5.41) is 9.15. The molecule has 1 aromatic carbocycles. The fourth-order valence-electron chi connectivity index (χ4n) is 2.73. The monoisotopic (exact) mass is 269 g/mol. The van der Waals surface area contributed by atoms with E-state index in [1.54, 1.807) is 0 Å². The van der Waals surface area contributed by atoms with Crippen LogP contribution >= 0.6 is 0 Å². The minimum absolute atomic E-state index is 0.500. The minimum Gasteiger partial charge on any atom is -0.382 e. The van der Waals surface area contributed by atoms with Crippen LogP contribution in [0.25, 0.3) is 21.8 Å². The standard InChI is InChI=1S/C14H15N5O/c15-13-11-12(17-18-13)9-3-1-2-4-10(9)16-14(11)19-5-7-20-8-6-19/h1-4H,5-8H2,(H3,15,17,18). The molecule has 2 aromatic heterocycles. The molecule has 0 amide bonds. The summed E-state index contributed by atoms with van der Waals surface area (Å²) in [6.07, 6.45) is 0. The average Bonchev–Trinajstić information content (AvgIpc) is 2.90. The van der Waals surface area contributed by atoms with Crippen LogP contribution in [-0.4, -0.2) is 41.5 Å². The smallest absolute Gasteiger partial charge is 0.156 e. The maximum absolute atomic E-state index is 6.03. The molecule has 1 aliphatic heterocycles. The fourth-order valence-corrected chi connectivity index (χ4v) is 2.73. The van der Waals surface area contributed by atoms with Crippen molar-refractivity contribution in [2.75, 3.05) is 36.9 Å². The molecule has 0 radical (unpaired) electrons. The second kappa shape index (κ2) is 4.35. The number of morpholine rings is 1. The number of hydrogen-bond acceptors (Lipinski definition) is 5. The molecule has 0 saturated carbocycles. The van der Waals surface area contributed by atoms with Gasteiger partial charge < -0.3 is 15.4 Å². The summed E-state index contributed by atoms with van der Waals surface area (Å²) in [5.41, 5.74) is 7.94. The lowest BCUT2D eigenvalue weighted by Crippen LogP contribution is -2.36. The topological polar surface area (TPSA) is 80.1 Å². The summed E-state index contributed by atoms with van der Waals surface area (Å²) in [5.74, 6) is 1.40. The zero-order valence-electron chi connectivity index (χ0n) is 11.0. The van der Waals surface area contributed by atoms with Crippen molar-refractivity contribution in [1.29, 1.82) is 0 Å². The normalized spacial score (nSPS) is 16.1. The van der Waals surface area contributed by atoms with Crippen molar-refractivity contribution in [3.63, 3.8) is 0 Å². The highest BCUT2D eigenvalue weighted by Crippen LogP contribution is 2.33. The van der Waals surface area contributed by atoms with Crippen molar-refractivity contribution in [1.82, 2.24) is 15.2 Å². The number of H-pyrrole nitrogens is 1. The Kier molecular flexibility index (Phi) is 2.50. The molecule has 1 aliphatic rings. The highest BCUT2D eigenvalue weighted by Gasteiger charge is 2.20. The lowest BCUT2D eigenvalue weighted by atomic mass is 10.1. The van der Waals surface area contributed by atoms with Gasteiger partial charge in [0.15, 0.2) is 5.82 Å². The van der Waals surface area contributed by atoms with Crippen molar-refractivity contribution in [2.45, 2.75) is 0 Å². The number of benzene rings is 1. The van der Waals surface area contributed by atoms with Gasteiger partial charge in [0.1, 0.15) is 5.82 Å². The Balaban J connectivity index is 2.03. The third kappa shape index (κ3) is 1.61. The van der Waals surface area contributed by atoms with Crippen LogP contribution in [0.2, 0.25) is 0 Å². The number of nitrogens with one attached hydrogen (secondary N) is 1. The Hall–Kier alpha value is -2.34. The summed E-state index contributed by atoms with van der Waals surface area (Å²) in [7, 11) is 0. The number of hydrogen-bond donors (Lipinski definition) is 2. The van der Waals surface area contributed by atoms with Crippen LogP contribution in [0, 0.1) is 0 Å². The van der Waals surface area contributed by atoms with Crippen LogP contribution in [0.3, 0.4) is 0 Å². The SMILES string of the molecule is Nc1n[nH]c2c1c(N1CCOCC1)nc1ccccc12. The van der Waals surface area contributed by atoms with Gasteiger partial charge in [0.2, 0.25) is 0 Å². The maximum Gasteiger partial charge on any atom is 0.156 e. The average molecular weight is 269 g/mol. The highest BCUT2D eigenvalue weighted by atomic mass is 16.5. The van der Waals surface area contributed by atoms with Gasteiger partial charge in [-0.15, -0.1) is 0 Å². The molecule has 3 N–H and O–H groups in total. The van der Waals surface area contributed by atoms with Crippen molar-refractivity contribution < 1.29 is 4.74 Å². The Bertz CT molecular complexity index is 776. The van der Waals surface area contributed by atoms with Crippen LogP contribution in [0.5, 0.6) is 0 Å². The zero-order valence-corrected chi connectivity index (χ0v) is 11.0. The van der Waals surface area contributed by atoms with E-state index < -0.39 is 0 Å². The first-order valence-electron chi connectivity index (χ1n) is 6.69. The molecule has 1 saturated heterocycles. The summed E-state index contributed by atoms with van der Waals surface area (Å²) >= 11 is 0. The number of para-hydroxylation sites is 1. The van der Waals surface area contributed by atoms with Crippen molar-refractivity contribution in [3.05, 3.63) is 24.3 Å². The molecule has 4 rings (SSSR count). The van der Waals surface area contributed by atoms with E-state index in [2.05, 4.69) is 15.1 Å². The molecule has 3 heterocycles. The first kappa shape index (κ1) is 11.5. The zero-order chi connectivity index (χ0) is 13.5. The number of pyridine rings is 1. The lowest BCUT2D eigenvalue weighted by molar-refractivity contribution is 0.122. The molecule has 0 bridgehead atoms. The fraction of sp³-hybridized carbons (Fsp3) is 0.286. The number of aromatic amines is 1. The molecular formula is C14H15N5O. The van der Waals surface area contributed by atoms with Gasteiger partial charge in [-0.3, -0.25) is 5.10 Å². The summed E-state index contributed by atoms with van der Waals surface area (Å²) in [6.45, 7) is 3.08. The Morgan fingerprint density at radius 3 is 2.85 bits per heavy atom. The number of ether oxygens (including phenoxy) is 1. The molecule has 0 aliphatic carbocycles. The number of nitrogens with zero attached hydrogens (tertiary/aromatic N) is 3. The van der Waals surface area contributed by atoms with Crippen molar-refractivity contribution in [2.24, 2.45) is 0 Å². The number of nitrogen functional groups attached to an aromatic ring is 1. The quantitative estimate of drug-likeness (QED) is 0.700. The van der Waals surface area contributed by atoms with E-state index in [9.17, 15) is 0 Å². The molecule has 0 unspecified atom stereocenters. The number of aromatic nitrogens is 3. The summed E-state index contributed by atoms with van der Waals surface area (Å²) < 4.78 is 5.41. The predicted molar refractivity (Wildman–Crippen MR) is 78.8 cm³/mol. The summed E-state index contributed by atoms with van der Waals surface area (Å²) in [6, 6.07) is 8.03. The highest BCUT2D eigenvalue weighted by molar-refractivity contribution is 6.11. The second-order valence-electron chi connectivity index (χ2n) is 4.91. The number of rotatable bonds is 1. The van der Waals surface area contributed by atoms with Gasteiger partial charge in [-0.05, 0) is 6.07 Å². The number of anilines is 2. The molecular weight excluding hydrogens is 254 g/mol. The Morgan fingerprint density at radius 1 is 1.20 bits per heavy atom. The van der Waals surface area contributed by atoms with Gasteiger partial charge in [0, 0.05) is 18.5 Å². The third-order valence-corrected chi connectivity index (χ3v) is 3.73. The second-order valence-corrected chi connectivity index (χ2v) is 4.91. The molecule has 6 nitrogen and oxygen atoms in total. The van der Waals surface area contributed by atoms with E-state index in [4.69, 9.17) is 15.5 Å². The van der Waals surface area contributed by atoms with Gasteiger partial charge in [-0.1, -0.05) is 18.2 Å². The minimum atomic E-state index is 0.500. The van der Waals surface area contributed by atoms with Gasteiger partial charge in [-0.2, -0.15) is 5.10 Å². The molecule has 6 heteroatoms. The third-order valence-electron chi connectivity index (χ3n) is 3.73. The maximum atomic E-state index is 6.03. The first-order chi connectivity index (χ1) is 9.84. The van der Waals surface area contributed by atoms with E-state index in [1.165, 1.54) is 0 Å². The van der Waals surface area contributed by atoms with E-state index >= 15 is 0 Å². The molecule has 0 spiro atoms. The molecule has 1 fully saturated rings. The van der Waals surface area contributed by atoms with Crippen LogP contribution in [-0.2, 0) is 4.74 Å². The van der Waals surface area contributed by atoms with Gasteiger partial charge in [0.25, 0.3) is 0 Å². The molecule has 0 atom stereocenters. The lowest BCUT2D eigenvalue weighted by Gasteiger charge is -2.28. The van der Waals surface area contributed by atoms with E-state index in [0.29, 0.717) is 19.0 Å². The van der Waals surface area contributed by atoms with E-state index in [0.717, 1.165) is 40.7 Å².